The third-order valence-corrected chi connectivity index (χ3v) is 4.72. The lowest BCUT2D eigenvalue weighted by Crippen LogP contribution is -2.24. The maximum absolute atomic E-state index is 12.3. The van der Waals surface area contributed by atoms with E-state index >= 15 is 0 Å². The first kappa shape index (κ1) is 12.1. The minimum atomic E-state index is -0.229. The number of fused-ring (bicyclic) bond motifs is 1. The van der Waals surface area contributed by atoms with E-state index in [2.05, 4.69) is 0 Å². The van der Waals surface area contributed by atoms with Gasteiger partial charge < -0.3 is 0 Å². The highest BCUT2D eigenvalue weighted by Crippen LogP contribution is 2.43. The second-order valence-corrected chi connectivity index (χ2v) is 6.02. The molecule has 1 aromatic heterocycles. The summed E-state index contributed by atoms with van der Waals surface area (Å²) in [6.45, 7) is 6.02. The smallest absolute Gasteiger partial charge is 0.282 e. The third-order valence-electron chi connectivity index (χ3n) is 3.53. The SMILES string of the molecule is Cc1ccc(N2C(=O)C(=N)c3c2sc(C)c3C)cc1. The number of benzene rings is 1. The average Bonchev–Trinajstić information content (AvgIpc) is 2.79. The quantitative estimate of drug-likeness (QED) is 0.843. The molecule has 0 unspecified atom stereocenters. The molecule has 0 radical (unpaired) electrons. The molecule has 0 fully saturated rings. The van der Waals surface area contributed by atoms with Crippen LogP contribution in [0.4, 0.5) is 10.7 Å². The van der Waals surface area contributed by atoms with Crippen LogP contribution in [0.5, 0.6) is 0 Å². The Bertz CT molecular complexity index is 698. The fourth-order valence-corrected chi connectivity index (χ4v) is 3.48. The number of anilines is 2. The van der Waals surface area contributed by atoms with Gasteiger partial charge in [-0.15, -0.1) is 11.3 Å². The Morgan fingerprint density at radius 2 is 1.74 bits per heavy atom. The van der Waals surface area contributed by atoms with Crippen LogP contribution in [-0.4, -0.2) is 11.6 Å². The van der Waals surface area contributed by atoms with Crippen LogP contribution in [0.2, 0.25) is 0 Å². The van der Waals surface area contributed by atoms with Crippen molar-refractivity contribution in [1.29, 1.82) is 5.41 Å². The number of nitrogens with zero attached hydrogens (tertiary/aromatic N) is 1. The standard InChI is InChI=1S/C15H14N2OS/c1-8-4-6-11(7-5-8)17-14(18)13(16)12-9(2)10(3)19-15(12)17/h4-7,16H,1-3H3. The maximum Gasteiger partial charge on any atom is 0.282 e. The molecule has 96 valence electrons. The summed E-state index contributed by atoms with van der Waals surface area (Å²) < 4.78 is 0. The van der Waals surface area contributed by atoms with E-state index in [9.17, 15) is 4.79 Å². The molecule has 0 bridgehead atoms. The number of carbonyl (C=O) groups is 1. The van der Waals surface area contributed by atoms with Crippen molar-refractivity contribution in [1.82, 2.24) is 0 Å². The van der Waals surface area contributed by atoms with Crippen LogP contribution in [0, 0.1) is 26.2 Å². The normalized spacial score (nSPS) is 14.2. The van der Waals surface area contributed by atoms with Crippen LogP contribution in [0.15, 0.2) is 24.3 Å². The second-order valence-electron chi connectivity index (χ2n) is 4.81. The third kappa shape index (κ3) is 1.64. The molecule has 1 aliphatic heterocycles. The Morgan fingerprint density at radius 3 is 2.37 bits per heavy atom. The lowest BCUT2D eigenvalue weighted by atomic mass is 10.1. The van der Waals surface area contributed by atoms with Crippen LogP contribution < -0.4 is 4.90 Å². The van der Waals surface area contributed by atoms with Crippen molar-refractivity contribution in [2.45, 2.75) is 20.8 Å². The first-order valence-electron chi connectivity index (χ1n) is 6.10. The fraction of sp³-hybridized carbons (Fsp3) is 0.200. The molecule has 0 saturated carbocycles. The van der Waals surface area contributed by atoms with E-state index in [1.54, 1.807) is 16.2 Å². The fourth-order valence-electron chi connectivity index (χ4n) is 2.30. The van der Waals surface area contributed by atoms with Gasteiger partial charge in [0.1, 0.15) is 10.7 Å². The minimum absolute atomic E-state index is 0.109. The molecule has 1 aliphatic rings. The highest BCUT2D eigenvalue weighted by molar-refractivity contribution is 7.17. The average molecular weight is 270 g/mol. The lowest BCUT2D eigenvalue weighted by Gasteiger charge is -2.15. The summed E-state index contributed by atoms with van der Waals surface area (Å²) in [6, 6.07) is 7.83. The molecular formula is C15H14N2OS. The molecular weight excluding hydrogens is 256 g/mol. The molecule has 3 rings (SSSR count). The number of hydrogen-bond donors (Lipinski definition) is 1. The first-order chi connectivity index (χ1) is 9.00. The van der Waals surface area contributed by atoms with Gasteiger partial charge in [0.15, 0.2) is 0 Å². The summed E-state index contributed by atoms with van der Waals surface area (Å²) in [5.74, 6) is -0.229. The van der Waals surface area contributed by atoms with Crippen molar-refractivity contribution in [2.75, 3.05) is 4.90 Å². The van der Waals surface area contributed by atoms with E-state index in [1.165, 1.54) is 4.88 Å². The monoisotopic (exact) mass is 270 g/mol. The second kappa shape index (κ2) is 4.03. The van der Waals surface area contributed by atoms with E-state index in [0.717, 1.165) is 27.4 Å². The topological polar surface area (TPSA) is 44.2 Å². The number of carbonyl (C=O) groups excluding carboxylic acids is 1. The summed E-state index contributed by atoms with van der Waals surface area (Å²) in [7, 11) is 0. The van der Waals surface area contributed by atoms with Gasteiger partial charge >= 0.3 is 0 Å². The molecule has 1 N–H and O–H groups in total. The Labute approximate surface area is 116 Å². The van der Waals surface area contributed by atoms with Gasteiger partial charge in [-0.2, -0.15) is 0 Å². The molecule has 2 aromatic rings. The van der Waals surface area contributed by atoms with Gasteiger partial charge in [0.05, 0.1) is 5.69 Å². The van der Waals surface area contributed by atoms with Gasteiger partial charge in [-0.1, -0.05) is 17.7 Å². The summed E-state index contributed by atoms with van der Waals surface area (Å²) in [5.41, 5.74) is 3.95. The molecule has 4 heteroatoms. The van der Waals surface area contributed by atoms with Crippen molar-refractivity contribution in [3.05, 3.63) is 45.8 Å². The van der Waals surface area contributed by atoms with Crippen molar-refractivity contribution < 1.29 is 4.79 Å². The van der Waals surface area contributed by atoms with Crippen LogP contribution in [-0.2, 0) is 4.79 Å². The van der Waals surface area contributed by atoms with Crippen molar-refractivity contribution >= 4 is 33.6 Å². The van der Waals surface area contributed by atoms with E-state index in [4.69, 9.17) is 5.41 Å². The predicted molar refractivity (Wildman–Crippen MR) is 78.9 cm³/mol. The van der Waals surface area contributed by atoms with Gasteiger partial charge in [0.25, 0.3) is 5.91 Å². The Morgan fingerprint density at radius 1 is 1.11 bits per heavy atom. The highest BCUT2D eigenvalue weighted by Gasteiger charge is 2.37. The van der Waals surface area contributed by atoms with Crippen LogP contribution >= 0.6 is 11.3 Å². The van der Waals surface area contributed by atoms with Gasteiger partial charge in [-0.3, -0.25) is 15.1 Å². The zero-order valence-corrected chi connectivity index (χ0v) is 11.9. The Hall–Kier alpha value is -1.94. The maximum atomic E-state index is 12.3. The molecule has 1 aromatic carbocycles. The van der Waals surface area contributed by atoms with Crippen molar-refractivity contribution in [3.63, 3.8) is 0 Å². The zero-order valence-electron chi connectivity index (χ0n) is 11.1. The molecule has 0 atom stereocenters. The van der Waals surface area contributed by atoms with Gasteiger partial charge in [0, 0.05) is 10.4 Å². The van der Waals surface area contributed by atoms with Crippen LogP contribution in [0.1, 0.15) is 21.6 Å². The van der Waals surface area contributed by atoms with E-state index in [1.807, 2.05) is 45.0 Å². The minimum Gasteiger partial charge on any atom is -0.295 e. The van der Waals surface area contributed by atoms with Crippen LogP contribution in [0.25, 0.3) is 0 Å². The Balaban J connectivity index is 2.18. The first-order valence-corrected chi connectivity index (χ1v) is 6.92. The molecule has 0 spiro atoms. The van der Waals surface area contributed by atoms with E-state index < -0.39 is 0 Å². The van der Waals surface area contributed by atoms with Crippen LogP contribution in [0.3, 0.4) is 0 Å². The van der Waals surface area contributed by atoms with Crippen molar-refractivity contribution in [2.24, 2.45) is 0 Å². The summed E-state index contributed by atoms with van der Waals surface area (Å²) >= 11 is 1.58. The van der Waals surface area contributed by atoms with E-state index in [0.29, 0.717) is 0 Å². The highest BCUT2D eigenvalue weighted by atomic mass is 32.1. The number of hydrogen-bond acceptors (Lipinski definition) is 3. The van der Waals surface area contributed by atoms with Gasteiger partial charge in [-0.05, 0) is 38.5 Å². The zero-order chi connectivity index (χ0) is 13.7. The van der Waals surface area contributed by atoms with E-state index in [-0.39, 0.29) is 11.6 Å². The lowest BCUT2D eigenvalue weighted by molar-refractivity contribution is -0.111. The van der Waals surface area contributed by atoms with Gasteiger partial charge in [-0.25, -0.2) is 0 Å². The molecule has 0 saturated heterocycles. The predicted octanol–water partition coefficient (Wildman–Crippen LogP) is 3.72. The molecule has 3 nitrogen and oxygen atoms in total. The summed E-state index contributed by atoms with van der Waals surface area (Å²) in [6.07, 6.45) is 0. The molecule has 1 amide bonds. The number of amides is 1. The van der Waals surface area contributed by atoms with Gasteiger partial charge in [0.2, 0.25) is 0 Å². The number of rotatable bonds is 1. The molecule has 2 heterocycles. The number of thiophene rings is 1. The summed E-state index contributed by atoms with van der Waals surface area (Å²) in [5, 5.41) is 8.91. The number of aryl methyl sites for hydroxylation is 2. The largest absolute Gasteiger partial charge is 0.295 e. The molecule has 19 heavy (non-hydrogen) atoms. The Kier molecular flexibility index (Phi) is 2.57. The molecule has 0 aliphatic carbocycles. The summed E-state index contributed by atoms with van der Waals surface area (Å²) in [4.78, 5) is 15.1. The number of nitrogens with one attached hydrogen (secondary N) is 1. The van der Waals surface area contributed by atoms with Crippen molar-refractivity contribution in [3.8, 4) is 0 Å².